The molecule has 0 saturated carbocycles. The molecule has 11 amide bonds. The number of hydrogen-bond acceptors (Lipinski definition) is 21. The molecule has 4 aliphatic rings. The third kappa shape index (κ3) is 27.3. The van der Waals surface area contributed by atoms with Gasteiger partial charge in [-0.25, -0.2) is 9.59 Å². The van der Waals surface area contributed by atoms with Gasteiger partial charge in [0.25, 0.3) is 23.6 Å². The zero-order chi connectivity index (χ0) is 78.7. The summed E-state index contributed by atoms with van der Waals surface area (Å²) >= 11 is 0. The Morgan fingerprint density at radius 1 is 0.655 bits per heavy atom. The number of rotatable bonds is 42. The van der Waals surface area contributed by atoms with E-state index in [-0.39, 0.29) is 159 Å². The van der Waals surface area contributed by atoms with Crippen LogP contribution in [0.3, 0.4) is 0 Å². The second-order valence-electron chi connectivity index (χ2n) is 26.4. The van der Waals surface area contributed by atoms with Gasteiger partial charge in [0.2, 0.25) is 23.6 Å². The fourth-order valence-corrected chi connectivity index (χ4v) is 11.7. The summed E-state index contributed by atoms with van der Waals surface area (Å²) in [6.45, 7) is 15.1. The Morgan fingerprint density at radius 3 is 1.95 bits per heavy atom. The lowest BCUT2D eigenvalue weighted by Gasteiger charge is -2.25. The molecule has 4 aromatic carbocycles. The number of urea groups is 1. The number of amides is 11. The molecule has 4 heterocycles. The number of primary amides is 1. The predicted molar refractivity (Wildman–Crippen MR) is 408 cm³/mol. The third-order valence-electron chi connectivity index (χ3n) is 17.5. The standard InChI is InChI=1S/C79H98N12O19/c1-51(2)73(89-70(93)16-8-7-9-28-90-71(94)21-22-72(90)95)76(98)88-62(15-12-26-83-78(80)100)75(97)87-58-19-17-54(18-20-58)48-110-79(101)84-27-30-105-32-34-107-36-35-106-33-31-104-29-23-69(92)82-25-11-14-55-38-56(49-108-67-43-63-60(41-65(67)102-5)74(96)86-45-52(3)13-10-24-81-63)40-57(39-55)50-109-68-44-64-61(42-66(68)103-6)77(99)91-47-53(4)37-59(91)46-85-64/h17-22,24,38-44,46,51,59,62,73H,3-4,7-10,12-13,15-16,23,25-37,45,47-50H2,1-2,5-6H3,(H,82,92)(H,84,101)(H,86,96)(H,87,97)(H,88,98)(H,89,93)(H3,80,83,100)/b81-24-/t59-,62-,73-/m0/s1. The van der Waals surface area contributed by atoms with Gasteiger partial charge in [-0.05, 0) is 110 Å². The first-order valence-electron chi connectivity index (χ1n) is 36.5. The number of fused-ring (bicyclic) bond motifs is 3. The first-order chi connectivity index (χ1) is 53.1. The van der Waals surface area contributed by atoms with Gasteiger partial charge in [-0.2, -0.15) is 0 Å². The Balaban J connectivity index is 0.688. The molecule has 1 fully saturated rings. The van der Waals surface area contributed by atoms with Crippen LogP contribution in [0.2, 0.25) is 0 Å². The number of hydrogen-bond donors (Lipinski definition) is 8. The number of anilines is 1. The number of ether oxygens (including phenoxy) is 9. The van der Waals surface area contributed by atoms with Gasteiger partial charge in [0.1, 0.15) is 31.9 Å². The van der Waals surface area contributed by atoms with Crippen LogP contribution < -0.4 is 61.9 Å². The Bertz CT molecular complexity index is 4060. The fraction of sp³-hybridized carbons (Fsp3) is 0.443. The smallest absolute Gasteiger partial charge is 0.407 e. The third-order valence-corrected chi connectivity index (χ3v) is 17.5. The molecule has 0 bridgehead atoms. The summed E-state index contributed by atoms with van der Waals surface area (Å²) in [6, 6.07) is 15.8. The quantitative estimate of drug-likeness (QED) is 0.0102. The SMILES string of the molecule is C=C1CC/C=N\c2cc(OCc3cc(C#CCNC(=O)CCOCCOCCOCCOCCNC(=O)OCc4ccc(NC(=O)[C@H](CCCNC(N)=O)NC(=O)[C@@H](NC(=O)CCCCCN5C(=O)C=CC5=O)C(C)C)cc4)cc(COc4cc5c(cc4OC)C(=O)N4CC(=C)C[C@H]4C=N5)c3)c(OC)cc2C(=O)NC1. The molecule has 31 nitrogen and oxygen atoms in total. The topological polar surface area (TPSA) is 395 Å². The lowest BCUT2D eigenvalue weighted by Crippen LogP contribution is -2.54. The van der Waals surface area contributed by atoms with E-state index < -0.39 is 36.0 Å². The van der Waals surface area contributed by atoms with Gasteiger partial charge in [0.15, 0.2) is 23.0 Å². The molecule has 9 N–H and O–H groups in total. The van der Waals surface area contributed by atoms with Crippen molar-refractivity contribution >= 4 is 88.9 Å². The highest BCUT2D eigenvalue weighted by atomic mass is 16.6. The number of benzene rings is 4. The van der Waals surface area contributed by atoms with E-state index in [1.807, 2.05) is 18.2 Å². The van der Waals surface area contributed by atoms with E-state index in [2.05, 4.69) is 72.2 Å². The monoisotopic (exact) mass is 1520 g/mol. The van der Waals surface area contributed by atoms with Gasteiger partial charge in [-0.3, -0.25) is 53.2 Å². The summed E-state index contributed by atoms with van der Waals surface area (Å²) < 4.78 is 51.8. The molecule has 8 rings (SSSR count). The summed E-state index contributed by atoms with van der Waals surface area (Å²) in [4.78, 5) is 139. The summed E-state index contributed by atoms with van der Waals surface area (Å²) in [6.07, 6.45) is 9.41. The number of aliphatic imine (C=N–C) groups is 2. The van der Waals surface area contributed by atoms with Gasteiger partial charge < -0.3 is 90.5 Å². The summed E-state index contributed by atoms with van der Waals surface area (Å²) in [7, 11) is 2.99. The number of nitrogens with two attached hydrogens (primary N) is 1. The molecule has 0 spiro atoms. The van der Waals surface area contributed by atoms with Crippen LogP contribution in [0.4, 0.5) is 26.7 Å². The fourth-order valence-electron chi connectivity index (χ4n) is 11.7. The zero-order valence-corrected chi connectivity index (χ0v) is 62.6. The van der Waals surface area contributed by atoms with Crippen LogP contribution in [-0.4, -0.2) is 206 Å². The van der Waals surface area contributed by atoms with E-state index in [4.69, 9.17) is 48.4 Å². The Morgan fingerprint density at radius 2 is 1.30 bits per heavy atom. The van der Waals surface area contributed by atoms with Crippen molar-refractivity contribution in [1.82, 2.24) is 41.7 Å². The molecule has 4 aliphatic heterocycles. The zero-order valence-electron chi connectivity index (χ0n) is 62.6. The van der Waals surface area contributed by atoms with Crippen LogP contribution in [0.25, 0.3) is 0 Å². The molecular weight excluding hydrogens is 1420 g/mol. The highest BCUT2D eigenvalue weighted by molar-refractivity contribution is 6.13. The number of carbonyl (C=O) groups excluding carboxylic acids is 10. The van der Waals surface area contributed by atoms with E-state index in [0.717, 1.165) is 27.2 Å². The van der Waals surface area contributed by atoms with Crippen molar-refractivity contribution in [3.63, 3.8) is 0 Å². The molecule has 110 heavy (non-hydrogen) atoms. The van der Waals surface area contributed by atoms with Crippen molar-refractivity contribution < 1.29 is 90.6 Å². The largest absolute Gasteiger partial charge is 0.493 e. The van der Waals surface area contributed by atoms with Crippen LogP contribution in [0.1, 0.15) is 121 Å². The number of carbonyl (C=O) groups is 10. The maximum Gasteiger partial charge on any atom is 0.407 e. The summed E-state index contributed by atoms with van der Waals surface area (Å²) in [5.74, 6) is 4.29. The minimum absolute atomic E-state index is 0.0528. The minimum Gasteiger partial charge on any atom is -0.493 e. The van der Waals surface area contributed by atoms with Crippen molar-refractivity contribution in [2.45, 2.75) is 116 Å². The number of imide groups is 1. The molecule has 4 aromatic rings. The van der Waals surface area contributed by atoms with Crippen LogP contribution in [-0.2, 0) is 72.3 Å². The van der Waals surface area contributed by atoms with E-state index >= 15 is 0 Å². The lowest BCUT2D eigenvalue weighted by atomic mass is 10.0. The van der Waals surface area contributed by atoms with Gasteiger partial charge in [0, 0.05) is 93.5 Å². The first kappa shape index (κ1) is 84.2. The predicted octanol–water partition coefficient (Wildman–Crippen LogP) is 6.48. The number of nitrogens with zero attached hydrogens (tertiary/aromatic N) is 4. The van der Waals surface area contributed by atoms with Crippen molar-refractivity contribution in [3.8, 4) is 34.8 Å². The summed E-state index contributed by atoms with van der Waals surface area (Å²) in [5, 5.41) is 19.1. The van der Waals surface area contributed by atoms with E-state index in [1.165, 1.54) is 26.4 Å². The average molecular weight is 1520 g/mol. The average Bonchev–Trinajstić information content (AvgIpc) is 1.59. The highest BCUT2D eigenvalue weighted by Crippen LogP contribution is 2.40. The molecule has 0 aromatic heterocycles. The van der Waals surface area contributed by atoms with Gasteiger partial charge in [0.05, 0.1) is 102 Å². The van der Waals surface area contributed by atoms with Gasteiger partial charge in [-0.1, -0.05) is 68.5 Å². The minimum atomic E-state index is -1.06. The number of alkyl carbamates (subject to hydrolysis) is 1. The molecule has 0 unspecified atom stereocenters. The van der Waals surface area contributed by atoms with Crippen LogP contribution >= 0.6 is 0 Å². The van der Waals surface area contributed by atoms with E-state index in [1.54, 1.807) is 79.7 Å². The Hall–Kier alpha value is -11.5. The van der Waals surface area contributed by atoms with Crippen molar-refractivity contribution in [2.75, 3.05) is 112 Å². The lowest BCUT2D eigenvalue weighted by molar-refractivity contribution is -0.137. The van der Waals surface area contributed by atoms with Crippen molar-refractivity contribution in [2.24, 2.45) is 21.6 Å². The van der Waals surface area contributed by atoms with Gasteiger partial charge in [-0.15, -0.1) is 0 Å². The molecule has 1 saturated heterocycles. The maximum absolute atomic E-state index is 13.7. The van der Waals surface area contributed by atoms with Gasteiger partial charge >= 0.3 is 12.1 Å². The first-order valence-corrected chi connectivity index (χ1v) is 36.5. The van der Waals surface area contributed by atoms with E-state index in [9.17, 15) is 47.9 Å². The second kappa shape index (κ2) is 44.1. The number of unbranched alkanes of at least 4 members (excludes halogenated alkanes) is 2. The molecular formula is C79H98N12O19. The maximum atomic E-state index is 13.7. The van der Waals surface area contributed by atoms with Crippen LogP contribution in [0, 0.1) is 17.8 Å². The van der Waals surface area contributed by atoms with Crippen LogP contribution in [0.15, 0.2) is 113 Å². The normalized spacial score (nSPS) is 15.2. The Labute approximate surface area is 639 Å². The number of nitrogens with one attached hydrogen (secondary N) is 7. The highest BCUT2D eigenvalue weighted by Gasteiger charge is 2.35. The molecule has 31 heteroatoms. The molecule has 0 radical (unpaired) electrons. The summed E-state index contributed by atoms with van der Waals surface area (Å²) in [5.41, 5.74) is 11.7. The molecule has 3 atom stereocenters. The number of methoxy groups -OCH3 is 2. The molecule has 0 aliphatic carbocycles. The van der Waals surface area contributed by atoms with Crippen molar-refractivity contribution in [3.05, 3.63) is 137 Å². The van der Waals surface area contributed by atoms with E-state index in [0.29, 0.717) is 127 Å². The molecule has 588 valence electrons. The van der Waals surface area contributed by atoms with Crippen LogP contribution in [0.5, 0.6) is 23.0 Å². The second-order valence-corrected chi connectivity index (χ2v) is 26.4. The van der Waals surface area contributed by atoms with Crippen molar-refractivity contribution in [1.29, 1.82) is 0 Å². The Kier molecular flexibility index (Phi) is 33.8.